The van der Waals surface area contributed by atoms with E-state index in [9.17, 15) is 10.2 Å². The maximum Gasteiger partial charge on any atom is 0.0652 e. The Balaban J connectivity index is 1.59. The molecule has 2 nitrogen and oxygen atoms in total. The minimum Gasteiger partial charge on any atom is -0.392 e. The van der Waals surface area contributed by atoms with Gasteiger partial charge in [-0.1, -0.05) is 38.5 Å². The van der Waals surface area contributed by atoms with Crippen LogP contribution in [-0.4, -0.2) is 22.4 Å². The highest BCUT2D eigenvalue weighted by Gasteiger charge is 2.60. The van der Waals surface area contributed by atoms with Crippen LogP contribution in [0.3, 0.4) is 0 Å². The summed E-state index contributed by atoms with van der Waals surface area (Å²) in [4.78, 5) is 0. The Bertz CT molecular complexity index is 367. The van der Waals surface area contributed by atoms with Crippen LogP contribution in [-0.2, 0) is 0 Å². The Morgan fingerprint density at radius 3 is 1.76 bits per heavy atom. The Kier molecular flexibility index (Phi) is 3.61. The summed E-state index contributed by atoms with van der Waals surface area (Å²) in [6.45, 7) is 0. The fourth-order valence-corrected chi connectivity index (χ4v) is 6.76. The highest BCUT2D eigenvalue weighted by Crippen LogP contribution is 2.62. The Hall–Kier alpha value is -0.0800. The van der Waals surface area contributed by atoms with Gasteiger partial charge in [0.2, 0.25) is 0 Å². The Labute approximate surface area is 129 Å². The first-order chi connectivity index (χ1) is 10.2. The van der Waals surface area contributed by atoms with Crippen LogP contribution in [0.4, 0.5) is 0 Å². The van der Waals surface area contributed by atoms with Crippen LogP contribution in [0.15, 0.2) is 0 Å². The summed E-state index contributed by atoms with van der Waals surface area (Å²) in [6, 6.07) is 0. The van der Waals surface area contributed by atoms with Crippen LogP contribution in [0.2, 0.25) is 0 Å². The van der Waals surface area contributed by atoms with Gasteiger partial charge in [-0.2, -0.15) is 0 Å². The highest BCUT2D eigenvalue weighted by molar-refractivity contribution is 5.10. The van der Waals surface area contributed by atoms with Crippen LogP contribution >= 0.6 is 0 Å². The zero-order valence-electron chi connectivity index (χ0n) is 13.4. The van der Waals surface area contributed by atoms with Crippen molar-refractivity contribution in [2.45, 2.75) is 95.7 Å². The normalized spacial score (nSPS) is 44.9. The van der Waals surface area contributed by atoms with Crippen molar-refractivity contribution in [3.63, 3.8) is 0 Å². The Morgan fingerprint density at radius 1 is 0.619 bits per heavy atom. The third kappa shape index (κ3) is 2.12. The largest absolute Gasteiger partial charge is 0.392 e. The van der Waals surface area contributed by atoms with Gasteiger partial charge in [0.1, 0.15) is 0 Å². The molecule has 4 unspecified atom stereocenters. The second-order valence-corrected chi connectivity index (χ2v) is 8.82. The monoisotopic (exact) mass is 292 g/mol. The molecule has 4 atom stereocenters. The van der Waals surface area contributed by atoms with Crippen LogP contribution in [0, 0.1) is 22.7 Å². The van der Waals surface area contributed by atoms with Crippen molar-refractivity contribution in [1.29, 1.82) is 0 Å². The molecule has 2 N–H and O–H groups in total. The molecule has 21 heavy (non-hydrogen) atoms. The van der Waals surface area contributed by atoms with E-state index in [4.69, 9.17) is 0 Å². The van der Waals surface area contributed by atoms with E-state index in [1.54, 1.807) is 0 Å². The molecule has 0 heterocycles. The summed E-state index contributed by atoms with van der Waals surface area (Å²) < 4.78 is 0. The molecule has 2 heteroatoms. The van der Waals surface area contributed by atoms with E-state index in [1.165, 1.54) is 83.5 Å². The van der Waals surface area contributed by atoms with Crippen LogP contribution < -0.4 is 0 Å². The smallest absolute Gasteiger partial charge is 0.0652 e. The molecule has 0 aromatic carbocycles. The molecule has 120 valence electrons. The molecule has 4 saturated carbocycles. The number of hydrogen-bond donors (Lipinski definition) is 2. The van der Waals surface area contributed by atoms with E-state index in [-0.39, 0.29) is 29.0 Å². The molecular formula is C19H32O2. The first kappa shape index (κ1) is 14.5. The van der Waals surface area contributed by atoms with Gasteiger partial charge in [0.15, 0.2) is 0 Å². The average molecular weight is 292 g/mol. The van der Waals surface area contributed by atoms with Gasteiger partial charge in [0.25, 0.3) is 0 Å². The molecule has 0 aliphatic heterocycles. The minimum atomic E-state index is -0.229. The maximum absolute atomic E-state index is 11.2. The molecule has 4 rings (SSSR count). The number of hydrogen-bond acceptors (Lipinski definition) is 2. The summed E-state index contributed by atoms with van der Waals surface area (Å²) in [5.41, 5.74) is 0.343. The number of fused-ring (bicyclic) bond motifs is 1. The van der Waals surface area contributed by atoms with E-state index in [2.05, 4.69) is 0 Å². The zero-order valence-corrected chi connectivity index (χ0v) is 13.4. The SMILES string of the molecule is OC1C2C(CCC13CCCCC3)CC1(CCCCC1)C2O. The van der Waals surface area contributed by atoms with E-state index < -0.39 is 0 Å². The topological polar surface area (TPSA) is 40.5 Å². The summed E-state index contributed by atoms with van der Waals surface area (Å²) >= 11 is 0. The number of aliphatic hydroxyl groups is 2. The maximum atomic E-state index is 11.2. The average Bonchev–Trinajstić information content (AvgIpc) is 2.78. The van der Waals surface area contributed by atoms with Crippen LogP contribution in [0.1, 0.15) is 83.5 Å². The predicted molar refractivity (Wildman–Crippen MR) is 83.9 cm³/mol. The molecule has 2 spiro atoms. The lowest BCUT2D eigenvalue weighted by molar-refractivity contribution is -0.124. The molecule has 0 radical (unpaired) electrons. The standard InChI is InChI=1S/C19H32O2/c20-16-15-14(7-12-18(16)8-3-1-4-9-18)13-19(17(15)21)10-5-2-6-11-19/h14-17,20-21H,1-13H2. The highest BCUT2D eigenvalue weighted by atomic mass is 16.3. The van der Waals surface area contributed by atoms with Gasteiger partial charge in [-0.25, -0.2) is 0 Å². The first-order valence-corrected chi connectivity index (χ1v) is 9.53. The first-order valence-electron chi connectivity index (χ1n) is 9.53. The van der Waals surface area contributed by atoms with Gasteiger partial charge in [0, 0.05) is 5.92 Å². The lowest BCUT2D eigenvalue weighted by atomic mass is 9.58. The summed E-state index contributed by atoms with van der Waals surface area (Å²) in [6.07, 6.45) is 15.9. The van der Waals surface area contributed by atoms with Gasteiger partial charge in [-0.05, 0) is 61.7 Å². The molecular weight excluding hydrogens is 260 g/mol. The van der Waals surface area contributed by atoms with Gasteiger partial charge >= 0.3 is 0 Å². The van der Waals surface area contributed by atoms with E-state index in [0.29, 0.717) is 5.92 Å². The molecule has 4 aliphatic rings. The second kappa shape index (κ2) is 5.23. The van der Waals surface area contributed by atoms with Crippen molar-refractivity contribution in [3.05, 3.63) is 0 Å². The fourth-order valence-electron chi connectivity index (χ4n) is 6.76. The molecule has 4 aliphatic carbocycles. The van der Waals surface area contributed by atoms with Crippen molar-refractivity contribution in [2.75, 3.05) is 0 Å². The van der Waals surface area contributed by atoms with Gasteiger partial charge in [-0.15, -0.1) is 0 Å². The summed E-state index contributed by atoms with van der Waals surface area (Å²) in [5, 5.41) is 22.3. The number of rotatable bonds is 0. The molecule has 0 aromatic heterocycles. The molecule has 0 aromatic rings. The van der Waals surface area contributed by atoms with Crippen molar-refractivity contribution in [3.8, 4) is 0 Å². The predicted octanol–water partition coefficient (Wildman–Crippen LogP) is 4.04. The fraction of sp³-hybridized carbons (Fsp3) is 1.00. The quantitative estimate of drug-likeness (QED) is 0.707. The molecule has 4 fully saturated rings. The summed E-state index contributed by atoms with van der Waals surface area (Å²) in [5.74, 6) is 0.788. The summed E-state index contributed by atoms with van der Waals surface area (Å²) in [7, 11) is 0. The lowest BCUT2D eigenvalue weighted by Gasteiger charge is -2.50. The van der Waals surface area contributed by atoms with Crippen LogP contribution in [0.5, 0.6) is 0 Å². The number of aliphatic hydroxyl groups excluding tert-OH is 2. The molecule has 0 bridgehead atoms. The van der Waals surface area contributed by atoms with Crippen molar-refractivity contribution in [1.82, 2.24) is 0 Å². The van der Waals surface area contributed by atoms with Crippen molar-refractivity contribution < 1.29 is 10.2 Å². The minimum absolute atomic E-state index is 0.167. The zero-order chi connectivity index (χ0) is 14.5. The second-order valence-electron chi connectivity index (χ2n) is 8.82. The van der Waals surface area contributed by atoms with E-state index >= 15 is 0 Å². The van der Waals surface area contributed by atoms with Gasteiger partial charge < -0.3 is 10.2 Å². The van der Waals surface area contributed by atoms with Gasteiger partial charge in [0.05, 0.1) is 12.2 Å². The van der Waals surface area contributed by atoms with Gasteiger partial charge in [-0.3, -0.25) is 0 Å². The van der Waals surface area contributed by atoms with E-state index in [1.807, 2.05) is 0 Å². The van der Waals surface area contributed by atoms with Crippen molar-refractivity contribution >= 4 is 0 Å². The Morgan fingerprint density at radius 2 is 1.14 bits per heavy atom. The van der Waals surface area contributed by atoms with Crippen LogP contribution in [0.25, 0.3) is 0 Å². The molecule has 0 saturated heterocycles. The third-order valence-electron chi connectivity index (χ3n) is 7.91. The molecule has 0 amide bonds. The lowest BCUT2D eigenvalue weighted by Crippen LogP contribution is -2.51. The van der Waals surface area contributed by atoms with E-state index in [0.717, 1.165) is 0 Å². The third-order valence-corrected chi connectivity index (χ3v) is 7.91. The van der Waals surface area contributed by atoms with Crippen molar-refractivity contribution in [2.24, 2.45) is 22.7 Å².